The van der Waals surface area contributed by atoms with E-state index in [2.05, 4.69) is 190 Å². The van der Waals surface area contributed by atoms with Crippen LogP contribution in [0.1, 0.15) is 60.9 Å². The van der Waals surface area contributed by atoms with E-state index in [0.29, 0.717) is 11.8 Å². The van der Waals surface area contributed by atoms with Gasteiger partial charge in [0.15, 0.2) is 0 Å². The Kier molecular flexibility index (Phi) is 6.47. The van der Waals surface area contributed by atoms with E-state index in [1.807, 2.05) is 0 Å². The summed E-state index contributed by atoms with van der Waals surface area (Å²) in [6.07, 6.45) is 15.5. The maximum Gasteiger partial charge on any atom is 0.0714 e. The smallest absolute Gasteiger partial charge is 0.0714 e. The Morgan fingerprint density at radius 3 is 2.06 bits per heavy atom. The molecular formula is C47H41N. The molecule has 0 aliphatic heterocycles. The van der Waals surface area contributed by atoms with Crippen LogP contribution in [0, 0.1) is 16.7 Å². The van der Waals surface area contributed by atoms with Gasteiger partial charge in [0.1, 0.15) is 0 Å². The van der Waals surface area contributed by atoms with Crippen LogP contribution in [0.25, 0.3) is 11.1 Å². The first-order valence-electron chi connectivity index (χ1n) is 17.4. The Hall–Kier alpha value is -5.14. The lowest BCUT2D eigenvalue weighted by Crippen LogP contribution is -2.28. The summed E-state index contributed by atoms with van der Waals surface area (Å²) < 4.78 is 0. The predicted octanol–water partition coefficient (Wildman–Crippen LogP) is 11.9. The molecule has 0 heterocycles. The molecule has 0 aromatic heterocycles. The molecule has 0 spiro atoms. The maximum atomic E-state index is 3.84. The fraction of sp³-hybridized carbons (Fsp3) is 0.191. The molecule has 0 saturated heterocycles. The van der Waals surface area contributed by atoms with Crippen LogP contribution in [0.4, 0.5) is 11.4 Å². The fourth-order valence-electron chi connectivity index (χ4n) is 9.70. The Bertz CT molecular complexity index is 2140. The van der Waals surface area contributed by atoms with E-state index in [0.717, 1.165) is 17.8 Å². The second-order valence-electron chi connectivity index (χ2n) is 14.8. The minimum atomic E-state index is -0.404. The predicted molar refractivity (Wildman–Crippen MR) is 201 cm³/mol. The van der Waals surface area contributed by atoms with Crippen molar-refractivity contribution in [3.05, 3.63) is 203 Å². The maximum absolute atomic E-state index is 3.84. The topological polar surface area (TPSA) is 12.0 Å². The van der Waals surface area contributed by atoms with Crippen molar-refractivity contribution in [3.8, 4) is 11.1 Å². The van der Waals surface area contributed by atoms with Crippen LogP contribution in [0.2, 0.25) is 0 Å². The third-order valence-corrected chi connectivity index (χ3v) is 11.9. The van der Waals surface area contributed by atoms with Crippen molar-refractivity contribution in [1.82, 2.24) is 0 Å². The Morgan fingerprint density at radius 1 is 0.604 bits per heavy atom. The van der Waals surface area contributed by atoms with Gasteiger partial charge in [-0.25, -0.2) is 0 Å². The highest BCUT2D eigenvalue weighted by molar-refractivity contribution is 5.88. The van der Waals surface area contributed by atoms with E-state index in [1.165, 1.54) is 50.1 Å². The number of hydrogen-bond donors (Lipinski definition) is 1. The van der Waals surface area contributed by atoms with Crippen LogP contribution in [0.3, 0.4) is 0 Å². The lowest BCUT2D eigenvalue weighted by Gasteiger charge is -2.34. The molecule has 3 atom stereocenters. The first kappa shape index (κ1) is 29.0. The molecule has 3 unspecified atom stereocenters. The molecule has 234 valence electrons. The summed E-state index contributed by atoms with van der Waals surface area (Å²) in [5, 5.41) is 3.84. The van der Waals surface area contributed by atoms with Crippen molar-refractivity contribution in [2.24, 2.45) is 16.7 Å². The average molecular weight is 620 g/mol. The summed E-state index contributed by atoms with van der Waals surface area (Å²) in [5.41, 5.74) is 14.3. The normalized spacial score (nSPS) is 23.7. The molecular weight excluding hydrogens is 579 g/mol. The molecule has 5 aromatic rings. The summed E-state index contributed by atoms with van der Waals surface area (Å²) in [5.74, 6) is 0.851. The largest absolute Gasteiger partial charge is 0.356 e. The molecule has 0 amide bonds. The number of hydrogen-bond acceptors (Lipinski definition) is 1. The van der Waals surface area contributed by atoms with E-state index in [-0.39, 0.29) is 10.8 Å². The number of benzene rings is 5. The monoisotopic (exact) mass is 619 g/mol. The van der Waals surface area contributed by atoms with Gasteiger partial charge in [0, 0.05) is 22.7 Å². The first-order valence-corrected chi connectivity index (χ1v) is 17.4. The SMILES string of the molecule is CC1(C)C2=CC(c3cccc(Nc4ccc5c(c4)C(c4ccccc4)(c4ccccc4)c4ccccc4-5)c3)CC=C2C2(C)C=CC=CC12. The van der Waals surface area contributed by atoms with Crippen molar-refractivity contribution < 1.29 is 0 Å². The van der Waals surface area contributed by atoms with Crippen LogP contribution in [0.5, 0.6) is 0 Å². The molecule has 9 rings (SSSR count). The average Bonchev–Trinajstić information content (AvgIpc) is 3.52. The van der Waals surface area contributed by atoms with Crippen LogP contribution in [-0.4, -0.2) is 0 Å². The van der Waals surface area contributed by atoms with Gasteiger partial charge in [0.05, 0.1) is 5.41 Å². The van der Waals surface area contributed by atoms with Gasteiger partial charge in [-0.1, -0.05) is 160 Å². The Labute approximate surface area is 285 Å². The number of nitrogens with one attached hydrogen (secondary N) is 1. The zero-order valence-corrected chi connectivity index (χ0v) is 28.0. The van der Waals surface area contributed by atoms with Gasteiger partial charge in [-0.05, 0) is 92.1 Å². The Balaban J connectivity index is 1.10. The van der Waals surface area contributed by atoms with Gasteiger partial charge in [-0.15, -0.1) is 0 Å². The lowest BCUT2D eigenvalue weighted by atomic mass is 9.67. The fourth-order valence-corrected chi connectivity index (χ4v) is 9.70. The van der Waals surface area contributed by atoms with Gasteiger partial charge in [-0.3, -0.25) is 0 Å². The number of fused-ring (bicyclic) bond motifs is 6. The third-order valence-electron chi connectivity index (χ3n) is 11.9. The second-order valence-corrected chi connectivity index (χ2v) is 14.8. The summed E-state index contributed by atoms with van der Waals surface area (Å²) in [6.45, 7) is 7.29. The minimum absolute atomic E-state index is 0.0837. The minimum Gasteiger partial charge on any atom is -0.356 e. The van der Waals surface area contributed by atoms with Gasteiger partial charge < -0.3 is 5.32 Å². The van der Waals surface area contributed by atoms with Crippen molar-refractivity contribution in [3.63, 3.8) is 0 Å². The van der Waals surface area contributed by atoms with Crippen molar-refractivity contribution >= 4 is 11.4 Å². The standard InChI is InChI=1S/C47H41N/c1-45(2)43-30-33(24-27-41(43)46(3)28-13-12-23-44(45)46)32-15-14-20-36(29-32)48-37-25-26-39-38-21-10-11-22-40(38)47(42(39)31-37,34-16-6-4-7-17-34)35-18-8-5-9-19-35/h4-23,25-31,33,44,48H,24H2,1-3H3. The van der Waals surface area contributed by atoms with Gasteiger partial charge in [-0.2, -0.15) is 0 Å². The molecule has 1 N–H and O–H groups in total. The highest BCUT2D eigenvalue weighted by atomic mass is 14.9. The van der Waals surface area contributed by atoms with Gasteiger partial charge in [0.2, 0.25) is 0 Å². The number of allylic oxidation sites excluding steroid dienone is 8. The molecule has 0 bridgehead atoms. The molecule has 1 saturated carbocycles. The van der Waals surface area contributed by atoms with E-state index in [9.17, 15) is 0 Å². The van der Waals surface area contributed by atoms with Crippen LogP contribution < -0.4 is 5.32 Å². The summed E-state index contributed by atoms with van der Waals surface area (Å²) in [7, 11) is 0. The first-order chi connectivity index (χ1) is 23.4. The third kappa shape index (κ3) is 4.10. The molecule has 1 nitrogen and oxygen atoms in total. The van der Waals surface area contributed by atoms with E-state index in [4.69, 9.17) is 0 Å². The molecule has 48 heavy (non-hydrogen) atoms. The number of anilines is 2. The van der Waals surface area contributed by atoms with Crippen LogP contribution >= 0.6 is 0 Å². The van der Waals surface area contributed by atoms with Crippen molar-refractivity contribution in [2.75, 3.05) is 5.32 Å². The molecule has 0 radical (unpaired) electrons. The van der Waals surface area contributed by atoms with Crippen LogP contribution in [-0.2, 0) is 5.41 Å². The molecule has 4 aliphatic carbocycles. The molecule has 4 aliphatic rings. The lowest BCUT2D eigenvalue weighted by molar-refractivity contribution is 0.264. The van der Waals surface area contributed by atoms with Crippen LogP contribution in [0.15, 0.2) is 175 Å². The molecule has 1 fully saturated rings. The van der Waals surface area contributed by atoms with Gasteiger partial charge in [0.25, 0.3) is 0 Å². The highest BCUT2D eigenvalue weighted by Gasteiger charge is 2.54. The van der Waals surface area contributed by atoms with E-state index >= 15 is 0 Å². The summed E-state index contributed by atoms with van der Waals surface area (Å²) in [6, 6.07) is 47.0. The molecule has 1 heteroatoms. The van der Waals surface area contributed by atoms with E-state index in [1.54, 1.807) is 0 Å². The summed E-state index contributed by atoms with van der Waals surface area (Å²) >= 11 is 0. The molecule has 5 aromatic carbocycles. The zero-order valence-electron chi connectivity index (χ0n) is 28.0. The van der Waals surface area contributed by atoms with Crippen molar-refractivity contribution in [1.29, 1.82) is 0 Å². The van der Waals surface area contributed by atoms with Crippen molar-refractivity contribution in [2.45, 2.75) is 38.5 Å². The van der Waals surface area contributed by atoms with Gasteiger partial charge >= 0.3 is 0 Å². The second kappa shape index (κ2) is 10.7. The zero-order chi connectivity index (χ0) is 32.5. The quantitative estimate of drug-likeness (QED) is 0.202. The van der Waals surface area contributed by atoms with E-state index < -0.39 is 5.41 Å². The Morgan fingerprint density at radius 2 is 1.29 bits per heavy atom. The summed E-state index contributed by atoms with van der Waals surface area (Å²) in [4.78, 5) is 0. The highest BCUT2D eigenvalue weighted by Crippen LogP contribution is 2.64. The number of rotatable bonds is 5.